The van der Waals surface area contributed by atoms with E-state index in [1.54, 1.807) is 11.3 Å². The molecule has 0 unspecified atom stereocenters. The van der Waals surface area contributed by atoms with Gasteiger partial charge in [-0.1, -0.05) is 115 Å². The maximum absolute atomic E-state index is 15.5. The summed E-state index contributed by atoms with van der Waals surface area (Å²) in [6, 6.07) is 44.2. The van der Waals surface area contributed by atoms with Gasteiger partial charge in [-0.05, 0) is 62.0 Å². The minimum absolute atomic E-state index is 0.175. The summed E-state index contributed by atoms with van der Waals surface area (Å²) in [7, 11) is 0. The van der Waals surface area contributed by atoms with Crippen molar-refractivity contribution < 1.29 is 8.78 Å². The van der Waals surface area contributed by atoms with Gasteiger partial charge in [-0.3, -0.25) is 0 Å². The van der Waals surface area contributed by atoms with E-state index in [0.29, 0.717) is 21.5 Å². The number of halogens is 2. The van der Waals surface area contributed by atoms with Crippen LogP contribution in [0.2, 0.25) is 0 Å². The first-order valence-corrected chi connectivity index (χ1v) is 15.1. The van der Waals surface area contributed by atoms with Crippen molar-refractivity contribution in [1.29, 1.82) is 0 Å². The highest BCUT2D eigenvalue weighted by Crippen LogP contribution is 2.44. The maximum Gasteiger partial charge on any atom is 0.138 e. The lowest BCUT2D eigenvalue weighted by molar-refractivity contribution is 0.651. The minimum Gasteiger partial charge on any atom is -0.206 e. The fourth-order valence-corrected chi connectivity index (χ4v) is 7.99. The molecule has 0 spiro atoms. The normalized spacial score (nSPS) is 12.0. The van der Waals surface area contributed by atoms with Crippen molar-refractivity contribution in [1.82, 2.24) is 0 Å². The van der Waals surface area contributed by atoms with Gasteiger partial charge in [0.15, 0.2) is 0 Å². The first kappa shape index (κ1) is 24.5. The minimum atomic E-state index is -0.176. The van der Waals surface area contributed by atoms with E-state index in [1.807, 2.05) is 97.1 Å². The lowest BCUT2D eigenvalue weighted by Crippen LogP contribution is -1.90. The summed E-state index contributed by atoms with van der Waals surface area (Å²) in [5.41, 5.74) is 4.24. The first-order chi connectivity index (χ1) is 21.2. The molecule has 1 aromatic heterocycles. The summed E-state index contributed by atoms with van der Waals surface area (Å²) in [5.74, 6) is -0.350. The van der Waals surface area contributed by atoms with Crippen molar-refractivity contribution in [2.75, 3.05) is 0 Å². The molecule has 9 rings (SSSR count). The lowest BCUT2D eigenvalue weighted by atomic mass is 9.90. The average molecular weight is 573 g/mol. The summed E-state index contributed by atoms with van der Waals surface area (Å²) < 4.78 is 33.5. The maximum atomic E-state index is 15.5. The van der Waals surface area contributed by atoms with Gasteiger partial charge in [0, 0.05) is 41.7 Å². The van der Waals surface area contributed by atoms with Crippen LogP contribution in [0, 0.1) is 11.6 Å². The van der Waals surface area contributed by atoms with Crippen LogP contribution < -0.4 is 0 Å². The van der Waals surface area contributed by atoms with Crippen molar-refractivity contribution in [2.45, 2.75) is 0 Å². The van der Waals surface area contributed by atoms with Gasteiger partial charge in [-0.2, -0.15) is 0 Å². The summed E-state index contributed by atoms with van der Waals surface area (Å²) in [6.07, 6.45) is 0. The van der Waals surface area contributed by atoms with Crippen molar-refractivity contribution >= 4 is 74.6 Å². The molecule has 0 atom stereocenters. The van der Waals surface area contributed by atoms with Crippen molar-refractivity contribution in [2.24, 2.45) is 0 Å². The van der Waals surface area contributed by atoms with Crippen LogP contribution in [0.4, 0.5) is 8.78 Å². The molecule has 202 valence electrons. The van der Waals surface area contributed by atoms with E-state index in [9.17, 15) is 0 Å². The van der Waals surface area contributed by atoms with Crippen molar-refractivity contribution in [3.8, 4) is 22.3 Å². The Bertz CT molecular complexity index is 2480. The summed E-state index contributed by atoms with van der Waals surface area (Å²) >= 11 is 1.76. The van der Waals surface area contributed by atoms with Crippen LogP contribution in [0.25, 0.3) is 85.5 Å². The number of thiophene rings is 1. The van der Waals surface area contributed by atoms with Gasteiger partial charge in [0.1, 0.15) is 11.6 Å². The monoisotopic (exact) mass is 572 g/mol. The Labute approximate surface area is 250 Å². The number of hydrogen-bond acceptors (Lipinski definition) is 1. The molecule has 0 aliphatic carbocycles. The quantitative estimate of drug-likeness (QED) is 0.181. The average Bonchev–Trinajstić information content (AvgIpc) is 3.42. The van der Waals surface area contributed by atoms with Crippen LogP contribution in [0.5, 0.6) is 0 Å². The zero-order valence-electron chi connectivity index (χ0n) is 22.9. The van der Waals surface area contributed by atoms with E-state index >= 15 is 8.78 Å². The van der Waals surface area contributed by atoms with E-state index < -0.39 is 0 Å². The smallest absolute Gasteiger partial charge is 0.138 e. The van der Waals surface area contributed by atoms with Crippen LogP contribution in [0.15, 0.2) is 133 Å². The van der Waals surface area contributed by atoms with Crippen LogP contribution in [0.1, 0.15) is 0 Å². The molecule has 9 aromatic rings. The fraction of sp³-hybridized carbons (Fsp3) is 0. The predicted molar refractivity (Wildman–Crippen MR) is 180 cm³/mol. The van der Waals surface area contributed by atoms with Crippen LogP contribution in [0.3, 0.4) is 0 Å². The molecule has 0 bridgehead atoms. The molecule has 0 saturated carbocycles. The second-order valence-electron chi connectivity index (χ2n) is 11.1. The third kappa shape index (κ3) is 3.52. The standard InChI is InChI=1S/C40H22F2S/c41-39-30-13-5-1-9-26(30)37(27-10-2-6-14-31(27)39)23-18-20-35-34(21-23)25-19-17-24(22-36(25)43-35)38-28-11-3-7-15-32(28)40(42)33-16-8-4-12-29(33)38/h1-22H. The molecule has 0 saturated heterocycles. The van der Waals surface area contributed by atoms with E-state index in [-0.39, 0.29) is 11.6 Å². The molecule has 1 heterocycles. The van der Waals surface area contributed by atoms with Gasteiger partial charge in [0.2, 0.25) is 0 Å². The molecular weight excluding hydrogens is 551 g/mol. The third-order valence-electron chi connectivity index (χ3n) is 8.78. The number of hydrogen-bond donors (Lipinski definition) is 0. The molecule has 0 aliphatic heterocycles. The Kier molecular flexibility index (Phi) is 5.23. The zero-order chi connectivity index (χ0) is 28.7. The van der Waals surface area contributed by atoms with Crippen molar-refractivity contribution in [3.05, 3.63) is 145 Å². The highest BCUT2D eigenvalue weighted by Gasteiger charge is 2.18. The topological polar surface area (TPSA) is 0 Å². The van der Waals surface area contributed by atoms with E-state index in [2.05, 4.69) is 36.4 Å². The summed E-state index contributed by atoms with van der Waals surface area (Å²) in [4.78, 5) is 0. The molecular formula is C40H22F2S. The van der Waals surface area contributed by atoms with Gasteiger partial charge in [0.25, 0.3) is 0 Å². The predicted octanol–water partition coefficient (Wildman–Crippen LogP) is 12.3. The summed E-state index contributed by atoms with van der Waals surface area (Å²) in [5, 5.41) is 8.54. The second kappa shape index (κ2) is 9.19. The van der Waals surface area contributed by atoms with E-state index in [1.165, 1.54) is 20.2 Å². The van der Waals surface area contributed by atoms with Gasteiger partial charge < -0.3 is 0 Å². The van der Waals surface area contributed by atoms with Gasteiger partial charge in [-0.15, -0.1) is 11.3 Å². The van der Waals surface area contributed by atoms with Crippen LogP contribution in [-0.4, -0.2) is 0 Å². The molecule has 0 fully saturated rings. The summed E-state index contributed by atoms with van der Waals surface area (Å²) in [6.45, 7) is 0. The molecule has 0 N–H and O–H groups in total. The molecule has 0 aliphatic rings. The molecule has 43 heavy (non-hydrogen) atoms. The fourth-order valence-electron chi connectivity index (χ4n) is 6.86. The molecule has 8 aromatic carbocycles. The SMILES string of the molecule is Fc1c2ccccc2c(-c2ccc3c(c2)sc2ccc(-c4c5ccccc5c(F)c5ccccc45)cc23)c2ccccc12. The Hall–Kier alpha value is -5.12. The Morgan fingerprint density at radius 3 is 1.19 bits per heavy atom. The Morgan fingerprint density at radius 1 is 0.326 bits per heavy atom. The highest BCUT2D eigenvalue weighted by atomic mass is 32.1. The van der Waals surface area contributed by atoms with Gasteiger partial charge in [-0.25, -0.2) is 8.78 Å². The molecule has 0 nitrogen and oxygen atoms in total. The molecule has 0 radical (unpaired) electrons. The number of rotatable bonds is 2. The number of benzene rings is 8. The number of fused-ring (bicyclic) bond motifs is 7. The van der Waals surface area contributed by atoms with Gasteiger partial charge in [0.05, 0.1) is 0 Å². The van der Waals surface area contributed by atoms with Gasteiger partial charge >= 0.3 is 0 Å². The lowest BCUT2D eigenvalue weighted by Gasteiger charge is -2.14. The first-order valence-electron chi connectivity index (χ1n) is 14.3. The second-order valence-corrected chi connectivity index (χ2v) is 12.2. The Balaban J connectivity index is 1.29. The van der Waals surface area contributed by atoms with E-state index in [4.69, 9.17) is 0 Å². The third-order valence-corrected chi connectivity index (χ3v) is 9.91. The van der Waals surface area contributed by atoms with Crippen LogP contribution >= 0.6 is 11.3 Å². The van der Waals surface area contributed by atoms with E-state index in [0.717, 1.165) is 43.8 Å². The van der Waals surface area contributed by atoms with Crippen LogP contribution in [-0.2, 0) is 0 Å². The molecule has 3 heteroatoms. The largest absolute Gasteiger partial charge is 0.206 e. The molecule has 0 amide bonds. The highest BCUT2D eigenvalue weighted by molar-refractivity contribution is 7.25. The zero-order valence-corrected chi connectivity index (χ0v) is 23.7. The van der Waals surface area contributed by atoms with Crippen molar-refractivity contribution in [3.63, 3.8) is 0 Å². The Morgan fingerprint density at radius 2 is 0.721 bits per heavy atom.